The van der Waals surface area contributed by atoms with Crippen molar-refractivity contribution in [1.29, 1.82) is 0 Å². The Hall–Kier alpha value is -1.32. The lowest BCUT2D eigenvalue weighted by Crippen LogP contribution is -2.51. The topological polar surface area (TPSA) is 52.6 Å². The molecule has 0 aromatic rings. The second-order valence-electron chi connectivity index (χ2n) is 10.7. The summed E-state index contributed by atoms with van der Waals surface area (Å²) in [4.78, 5) is 24.1. The molecule has 0 heterocycles. The first-order valence-corrected chi connectivity index (χ1v) is 10.7. The summed E-state index contributed by atoms with van der Waals surface area (Å²) in [6.07, 6.45) is 10.7. The number of rotatable bonds is 5. The molecular formula is C23H34O4. The van der Waals surface area contributed by atoms with Gasteiger partial charge in [-0.1, -0.05) is 40.2 Å². The number of fused-ring (bicyclic) bond motifs is 1. The molecule has 0 saturated heterocycles. The van der Waals surface area contributed by atoms with Crippen LogP contribution in [0, 0.1) is 34.5 Å². The minimum atomic E-state index is -0.568. The summed E-state index contributed by atoms with van der Waals surface area (Å²) in [5.74, 6) is 1.16. The average molecular weight is 375 g/mol. The van der Waals surface area contributed by atoms with Gasteiger partial charge in [-0.15, -0.1) is 0 Å². The zero-order valence-corrected chi connectivity index (χ0v) is 17.1. The molecule has 6 unspecified atom stereocenters. The summed E-state index contributed by atoms with van der Waals surface area (Å²) >= 11 is 0. The van der Waals surface area contributed by atoms with Gasteiger partial charge in [-0.3, -0.25) is 0 Å². The lowest BCUT2D eigenvalue weighted by atomic mass is 9.62. The van der Waals surface area contributed by atoms with E-state index in [1.807, 2.05) is 0 Å². The Morgan fingerprint density at radius 1 is 1.15 bits per heavy atom. The minimum absolute atomic E-state index is 0.301. The normalized spacial score (nSPS) is 44.1. The summed E-state index contributed by atoms with van der Waals surface area (Å²) in [6.45, 7) is 10.2. The van der Waals surface area contributed by atoms with E-state index in [1.54, 1.807) is 0 Å². The van der Waals surface area contributed by atoms with Crippen LogP contribution in [-0.2, 0) is 19.1 Å². The Kier molecular flexibility index (Phi) is 4.47. The number of esters is 2. The molecule has 4 heteroatoms. The van der Waals surface area contributed by atoms with Crippen molar-refractivity contribution in [2.24, 2.45) is 34.5 Å². The summed E-state index contributed by atoms with van der Waals surface area (Å²) in [6, 6.07) is 0. The number of ether oxygens (including phenoxy) is 2. The fourth-order valence-corrected chi connectivity index (χ4v) is 7.45. The molecule has 0 aromatic heterocycles. The van der Waals surface area contributed by atoms with Crippen molar-refractivity contribution in [3.05, 3.63) is 12.7 Å². The van der Waals surface area contributed by atoms with E-state index >= 15 is 0 Å². The summed E-state index contributed by atoms with van der Waals surface area (Å²) in [5.41, 5.74) is 0.382. The third kappa shape index (κ3) is 3.13. The van der Waals surface area contributed by atoms with E-state index in [2.05, 4.69) is 27.4 Å². The van der Waals surface area contributed by atoms with Gasteiger partial charge in [0, 0.05) is 17.9 Å². The van der Waals surface area contributed by atoms with Crippen LogP contribution < -0.4 is 0 Å². The molecule has 0 aliphatic heterocycles. The molecule has 2 bridgehead atoms. The van der Waals surface area contributed by atoms with Crippen LogP contribution in [0.25, 0.3) is 0 Å². The predicted octanol–water partition coefficient (Wildman–Crippen LogP) is 4.67. The molecule has 4 rings (SSSR count). The van der Waals surface area contributed by atoms with E-state index < -0.39 is 5.97 Å². The van der Waals surface area contributed by atoms with Gasteiger partial charge in [0.1, 0.15) is 5.60 Å². The van der Waals surface area contributed by atoms with Crippen molar-refractivity contribution in [2.45, 2.75) is 77.7 Å². The Morgan fingerprint density at radius 2 is 1.93 bits per heavy atom. The molecule has 27 heavy (non-hydrogen) atoms. The van der Waals surface area contributed by atoms with Gasteiger partial charge in [0.15, 0.2) is 6.61 Å². The highest BCUT2D eigenvalue weighted by Crippen LogP contribution is 2.80. The zero-order valence-electron chi connectivity index (χ0n) is 17.1. The fourth-order valence-electron chi connectivity index (χ4n) is 7.45. The van der Waals surface area contributed by atoms with Gasteiger partial charge in [0.2, 0.25) is 0 Å². The SMILES string of the molecule is C=CC(=O)OCC(=O)OC1(C2CCCC(C)C2)C2CC(C)(C)CC3(C2)CC31. The molecule has 4 aliphatic carbocycles. The molecule has 4 saturated carbocycles. The van der Waals surface area contributed by atoms with Gasteiger partial charge in [-0.25, -0.2) is 9.59 Å². The van der Waals surface area contributed by atoms with Crippen molar-refractivity contribution in [2.75, 3.05) is 6.61 Å². The van der Waals surface area contributed by atoms with Gasteiger partial charge in [0.25, 0.3) is 0 Å². The van der Waals surface area contributed by atoms with Crippen LogP contribution in [0.5, 0.6) is 0 Å². The van der Waals surface area contributed by atoms with Crippen LogP contribution in [0.4, 0.5) is 0 Å². The quantitative estimate of drug-likeness (QED) is 0.518. The number of carbonyl (C=O) groups excluding carboxylic acids is 2. The zero-order chi connectivity index (χ0) is 19.4. The molecule has 1 spiro atoms. The van der Waals surface area contributed by atoms with E-state index in [4.69, 9.17) is 9.47 Å². The van der Waals surface area contributed by atoms with Crippen LogP contribution in [-0.4, -0.2) is 24.1 Å². The second kappa shape index (κ2) is 6.35. The largest absolute Gasteiger partial charge is 0.456 e. The molecule has 0 radical (unpaired) electrons. The van der Waals surface area contributed by atoms with Gasteiger partial charge in [0.05, 0.1) is 0 Å². The van der Waals surface area contributed by atoms with Crippen LogP contribution in [0.3, 0.4) is 0 Å². The van der Waals surface area contributed by atoms with Crippen molar-refractivity contribution in [3.8, 4) is 0 Å². The number of hydrogen-bond donors (Lipinski definition) is 0. The van der Waals surface area contributed by atoms with E-state index in [0.29, 0.717) is 34.5 Å². The Bertz CT molecular complexity index is 649. The smallest absolute Gasteiger partial charge is 0.344 e. The molecule has 0 amide bonds. The average Bonchev–Trinajstić information content (AvgIpc) is 3.23. The molecule has 4 aliphatic rings. The first kappa shape index (κ1) is 19.0. The maximum Gasteiger partial charge on any atom is 0.344 e. The summed E-state index contributed by atoms with van der Waals surface area (Å²) < 4.78 is 11.4. The van der Waals surface area contributed by atoms with E-state index in [1.165, 1.54) is 32.1 Å². The lowest BCUT2D eigenvalue weighted by molar-refractivity contribution is -0.188. The maximum atomic E-state index is 12.7. The first-order valence-electron chi connectivity index (χ1n) is 10.7. The molecule has 4 fully saturated rings. The van der Waals surface area contributed by atoms with Crippen LogP contribution in [0.2, 0.25) is 0 Å². The number of carbonyl (C=O) groups is 2. The van der Waals surface area contributed by atoms with Gasteiger partial charge in [-0.2, -0.15) is 0 Å². The summed E-state index contributed by atoms with van der Waals surface area (Å²) in [7, 11) is 0. The third-order valence-electron chi connectivity index (χ3n) is 8.02. The van der Waals surface area contributed by atoms with E-state index in [0.717, 1.165) is 25.3 Å². The highest BCUT2D eigenvalue weighted by molar-refractivity contribution is 5.83. The highest BCUT2D eigenvalue weighted by atomic mass is 16.6. The monoisotopic (exact) mass is 374 g/mol. The van der Waals surface area contributed by atoms with Crippen molar-refractivity contribution >= 4 is 11.9 Å². The standard InChI is InChI=1S/C23H34O4/c1-5-19(24)26-13-20(25)27-23(16-8-6-7-15(2)9-16)17-10-21(3,4)14-22(11-17)12-18(22)23/h5,15-18H,1,6-14H2,2-4H3. The lowest BCUT2D eigenvalue weighted by Gasteiger charge is -2.48. The Balaban J connectivity index is 1.60. The van der Waals surface area contributed by atoms with Crippen molar-refractivity contribution in [3.63, 3.8) is 0 Å². The first-order chi connectivity index (χ1) is 12.7. The Morgan fingerprint density at radius 3 is 2.63 bits per heavy atom. The van der Waals surface area contributed by atoms with E-state index in [-0.39, 0.29) is 18.2 Å². The minimum Gasteiger partial charge on any atom is -0.456 e. The van der Waals surface area contributed by atoms with Gasteiger partial charge >= 0.3 is 11.9 Å². The van der Waals surface area contributed by atoms with Crippen molar-refractivity contribution in [1.82, 2.24) is 0 Å². The summed E-state index contributed by atoms with van der Waals surface area (Å²) in [5, 5.41) is 0. The van der Waals surface area contributed by atoms with E-state index in [9.17, 15) is 9.59 Å². The third-order valence-corrected chi connectivity index (χ3v) is 8.02. The highest BCUT2D eigenvalue weighted by Gasteiger charge is 2.78. The molecule has 150 valence electrons. The van der Waals surface area contributed by atoms with Crippen LogP contribution in [0.1, 0.15) is 72.1 Å². The van der Waals surface area contributed by atoms with Crippen molar-refractivity contribution < 1.29 is 19.1 Å². The molecule has 0 aromatic carbocycles. The van der Waals surface area contributed by atoms with Crippen LogP contribution >= 0.6 is 0 Å². The maximum absolute atomic E-state index is 12.7. The fraction of sp³-hybridized carbons (Fsp3) is 0.826. The van der Waals surface area contributed by atoms with Crippen LogP contribution in [0.15, 0.2) is 12.7 Å². The second-order valence-corrected chi connectivity index (χ2v) is 10.7. The number of hydrogen-bond acceptors (Lipinski definition) is 4. The Labute approximate surface area is 163 Å². The molecule has 4 nitrogen and oxygen atoms in total. The van der Waals surface area contributed by atoms with Gasteiger partial charge in [-0.05, 0) is 61.2 Å². The van der Waals surface area contributed by atoms with Gasteiger partial charge < -0.3 is 9.47 Å². The molecular weight excluding hydrogens is 340 g/mol. The predicted molar refractivity (Wildman–Crippen MR) is 103 cm³/mol. The molecule has 6 atom stereocenters. The molecule has 0 N–H and O–H groups in total.